The summed E-state index contributed by atoms with van der Waals surface area (Å²) in [6.07, 6.45) is 0. The molecule has 2 aromatic carbocycles. The molecule has 0 atom stereocenters. The quantitative estimate of drug-likeness (QED) is 0.662. The number of likely N-dealkylation sites (N-methyl/N-ethyl adjacent to an activating group) is 1. The van der Waals surface area contributed by atoms with Crippen LogP contribution in [0.3, 0.4) is 0 Å². The standard InChI is InChI=1S/C22H26N4O4S/c1-25(16-20-4-2-18(14-23)3-5-20)17-22(27)24-15-19-6-8-21(9-7-19)31(28,29)26-10-12-30-13-11-26/h2-9H,10-13,15-17H2,1H3,(H,24,27). The van der Waals surface area contributed by atoms with Crippen molar-refractivity contribution in [2.45, 2.75) is 18.0 Å². The summed E-state index contributed by atoms with van der Waals surface area (Å²) in [5, 5.41) is 11.7. The van der Waals surface area contributed by atoms with E-state index in [1.165, 1.54) is 4.31 Å². The van der Waals surface area contributed by atoms with Gasteiger partial charge in [-0.3, -0.25) is 9.69 Å². The van der Waals surface area contributed by atoms with Gasteiger partial charge in [-0.15, -0.1) is 0 Å². The predicted molar refractivity (Wildman–Crippen MR) is 115 cm³/mol. The van der Waals surface area contributed by atoms with Crippen LogP contribution < -0.4 is 5.32 Å². The predicted octanol–water partition coefficient (Wildman–Crippen LogP) is 1.33. The normalized spacial score (nSPS) is 14.9. The number of benzene rings is 2. The van der Waals surface area contributed by atoms with Crippen LogP contribution in [0.1, 0.15) is 16.7 Å². The maximum atomic E-state index is 12.7. The van der Waals surface area contributed by atoms with E-state index < -0.39 is 10.0 Å². The van der Waals surface area contributed by atoms with Crippen molar-refractivity contribution >= 4 is 15.9 Å². The Bertz CT molecular complexity index is 1020. The zero-order valence-electron chi connectivity index (χ0n) is 17.5. The fourth-order valence-electron chi connectivity index (χ4n) is 3.27. The van der Waals surface area contributed by atoms with E-state index in [2.05, 4.69) is 11.4 Å². The van der Waals surface area contributed by atoms with Gasteiger partial charge in [-0.2, -0.15) is 9.57 Å². The van der Waals surface area contributed by atoms with Crippen LogP contribution in [0.25, 0.3) is 0 Å². The van der Waals surface area contributed by atoms with Gasteiger partial charge in [0, 0.05) is 26.2 Å². The van der Waals surface area contributed by atoms with Crippen molar-refractivity contribution in [2.24, 2.45) is 0 Å². The van der Waals surface area contributed by atoms with E-state index in [4.69, 9.17) is 10.00 Å². The smallest absolute Gasteiger partial charge is 0.243 e. The van der Waals surface area contributed by atoms with Crippen molar-refractivity contribution in [1.82, 2.24) is 14.5 Å². The number of morpholine rings is 1. The van der Waals surface area contributed by atoms with Crippen molar-refractivity contribution in [3.05, 3.63) is 65.2 Å². The van der Waals surface area contributed by atoms with E-state index >= 15 is 0 Å². The summed E-state index contributed by atoms with van der Waals surface area (Å²) in [7, 11) is -1.67. The maximum Gasteiger partial charge on any atom is 0.243 e. The molecule has 0 saturated carbocycles. The van der Waals surface area contributed by atoms with Crippen molar-refractivity contribution < 1.29 is 17.9 Å². The first-order valence-electron chi connectivity index (χ1n) is 9.99. The van der Waals surface area contributed by atoms with Crippen LogP contribution in [0, 0.1) is 11.3 Å². The van der Waals surface area contributed by atoms with Crippen LogP contribution in [0.2, 0.25) is 0 Å². The number of sulfonamides is 1. The highest BCUT2D eigenvalue weighted by atomic mass is 32.2. The largest absolute Gasteiger partial charge is 0.379 e. The molecule has 0 bridgehead atoms. The number of nitriles is 1. The molecule has 0 radical (unpaired) electrons. The number of hydrogen-bond acceptors (Lipinski definition) is 6. The molecule has 31 heavy (non-hydrogen) atoms. The Labute approximate surface area is 183 Å². The van der Waals surface area contributed by atoms with Crippen LogP contribution in [0.15, 0.2) is 53.4 Å². The van der Waals surface area contributed by atoms with Crippen LogP contribution in [0.5, 0.6) is 0 Å². The zero-order chi connectivity index (χ0) is 22.3. The van der Waals surface area contributed by atoms with E-state index in [0.717, 1.165) is 11.1 Å². The Hall–Kier alpha value is -2.77. The molecule has 0 spiro atoms. The Morgan fingerprint density at radius 1 is 1.10 bits per heavy atom. The van der Waals surface area contributed by atoms with Gasteiger partial charge in [0.15, 0.2) is 0 Å². The van der Waals surface area contributed by atoms with Crippen molar-refractivity contribution in [3.8, 4) is 6.07 Å². The molecule has 1 amide bonds. The fraction of sp³-hybridized carbons (Fsp3) is 0.364. The lowest BCUT2D eigenvalue weighted by molar-refractivity contribution is -0.122. The lowest BCUT2D eigenvalue weighted by Crippen LogP contribution is -2.40. The lowest BCUT2D eigenvalue weighted by Gasteiger charge is -2.26. The molecule has 1 saturated heterocycles. The second-order valence-corrected chi connectivity index (χ2v) is 9.36. The minimum atomic E-state index is -3.52. The topological polar surface area (TPSA) is 103 Å². The molecule has 0 aliphatic carbocycles. The molecular weight excluding hydrogens is 416 g/mol. The number of nitrogens with one attached hydrogen (secondary N) is 1. The lowest BCUT2D eigenvalue weighted by atomic mass is 10.1. The molecule has 1 aliphatic rings. The summed E-state index contributed by atoms with van der Waals surface area (Å²) >= 11 is 0. The third kappa shape index (κ3) is 6.35. The number of carbonyl (C=O) groups excluding carboxylic acids is 1. The summed E-state index contributed by atoms with van der Waals surface area (Å²) in [4.78, 5) is 14.4. The molecule has 2 aromatic rings. The molecule has 1 fully saturated rings. The van der Waals surface area contributed by atoms with Gasteiger partial charge in [0.1, 0.15) is 0 Å². The summed E-state index contributed by atoms with van der Waals surface area (Å²) < 4.78 is 31.9. The van der Waals surface area contributed by atoms with Crippen LogP contribution in [-0.4, -0.2) is 63.4 Å². The van der Waals surface area contributed by atoms with Crippen molar-refractivity contribution in [1.29, 1.82) is 5.26 Å². The summed E-state index contributed by atoms with van der Waals surface area (Å²) in [6.45, 7) is 2.66. The molecule has 1 heterocycles. The summed E-state index contributed by atoms with van der Waals surface area (Å²) in [6, 6.07) is 15.9. The van der Waals surface area contributed by atoms with Gasteiger partial charge in [0.2, 0.25) is 15.9 Å². The van der Waals surface area contributed by atoms with Gasteiger partial charge in [-0.05, 0) is 42.4 Å². The Balaban J connectivity index is 1.48. The van der Waals surface area contributed by atoms with Gasteiger partial charge in [0.05, 0.1) is 36.3 Å². The molecule has 9 heteroatoms. The molecular formula is C22H26N4O4S. The number of carbonyl (C=O) groups is 1. The number of hydrogen-bond donors (Lipinski definition) is 1. The zero-order valence-corrected chi connectivity index (χ0v) is 18.3. The molecule has 1 N–H and O–H groups in total. The van der Waals surface area contributed by atoms with Crippen molar-refractivity contribution in [2.75, 3.05) is 39.9 Å². The molecule has 0 unspecified atom stereocenters. The average Bonchev–Trinajstić information content (AvgIpc) is 2.79. The summed E-state index contributed by atoms with van der Waals surface area (Å²) in [5.41, 5.74) is 2.45. The number of ether oxygens (including phenoxy) is 1. The Kier molecular flexibility index (Phi) is 7.76. The van der Waals surface area contributed by atoms with Gasteiger partial charge in [-0.1, -0.05) is 24.3 Å². The van der Waals surface area contributed by atoms with E-state index in [-0.39, 0.29) is 17.3 Å². The minimum Gasteiger partial charge on any atom is -0.379 e. The molecule has 1 aliphatic heterocycles. The highest BCUT2D eigenvalue weighted by molar-refractivity contribution is 7.89. The third-order valence-corrected chi connectivity index (χ3v) is 6.88. The second kappa shape index (κ2) is 10.5. The Morgan fingerprint density at radius 3 is 2.32 bits per heavy atom. The van der Waals surface area contributed by atoms with Crippen molar-refractivity contribution in [3.63, 3.8) is 0 Å². The van der Waals surface area contributed by atoms with E-state index in [1.54, 1.807) is 36.4 Å². The van der Waals surface area contributed by atoms with Gasteiger partial charge in [-0.25, -0.2) is 8.42 Å². The molecule has 8 nitrogen and oxygen atoms in total. The first-order valence-corrected chi connectivity index (χ1v) is 11.4. The van der Waals surface area contributed by atoms with Crippen LogP contribution in [-0.2, 0) is 32.6 Å². The number of nitrogens with zero attached hydrogens (tertiary/aromatic N) is 3. The number of rotatable bonds is 8. The maximum absolute atomic E-state index is 12.7. The third-order valence-electron chi connectivity index (χ3n) is 4.97. The number of amides is 1. The highest BCUT2D eigenvalue weighted by Gasteiger charge is 2.26. The van der Waals surface area contributed by atoms with E-state index in [0.29, 0.717) is 45.0 Å². The van der Waals surface area contributed by atoms with Gasteiger partial charge >= 0.3 is 0 Å². The fourth-order valence-corrected chi connectivity index (χ4v) is 4.68. The van der Waals surface area contributed by atoms with E-state index in [9.17, 15) is 13.2 Å². The van der Waals surface area contributed by atoms with E-state index in [1.807, 2.05) is 24.1 Å². The van der Waals surface area contributed by atoms with Crippen LogP contribution in [0.4, 0.5) is 0 Å². The van der Waals surface area contributed by atoms with Crippen LogP contribution >= 0.6 is 0 Å². The first kappa shape index (κ1) is 22.9. The Morgan fingerprint density at radius 2 is 1.71 bits per heavy atom. The molecule has 3 rings (SSSR count). The summed E-state index contributed by atoms with van der Waals surface area (Å²) in [5.74, 6) is -0.124. The average molecular weight is 443 g/mol. The van der Waals surface area contributed by atoms with Gasteiger partial charge in [0.25, 0.3) is 0 Å². The monoisotopic (exact) mass is 442 g/mol. The molecule has 0 aromatic heterocycles. The molecule has 164 valence electrons. The highest BCUT2D eigenvalue weighted by Crippen LogP contribution is 2.17. The first-order chi connectivity index (χ1) is 14.9. The van der Waals surface area contributed by atoms with Gasteiger partial charge < -0.3 is 10.1 Å². The minimum absolute atomic E-state index is 0.124. The second-order valence-electron chi connectivity index (χ2n) is 7.42. The SMILES string of the molecule is CN(CC(=O)NCc1ccc(S(=O)(=O)N2CCOCC2)cc1)Cc1ccc(C#N)cc1.